The number of amides is 2. The number of carbonyl (C=O) groups excluding carboxylic acids is 2. The zero-order valence-electron chi connectivity index (χ0n) is 19.6. The number of fused-ring (bicyclic) bond motifs is 2. The molecule has 0 radical (unpaired) electrons. The van der Waals surface area contributed by atoms with Crippen molar-refractivity contribution in [1.29, 1.82) is 0 Å². The van der Waals surface area contributed by atoms with Gasteiger partial charge in [0.15, 0.2) is 0 Å². The van der Waals surface area contributed by atoms with Crippen molar-refractivity contribution in [2.24, 2.45) is 0 Å². The first kappa shape index (κ1) is 23.6. The predicted octanol–water partition coefficient (Wildman–Crippen LogP) is 6.98. The second kappa shape index (κ2) is 10.6. The Labute approximate surface area is 209 Å². The lowest BCUT2D eigenvalue weighted by atomic mass is 9.96. The van der Waals surface area contributed by atoms with Gasteiger partial charge in [0.25, 0.3) is 11.8 Å². The van der Waals surface area contributed by atoms with Gasteiger partial charge in [-0.2, -0.15) is 0 Å². The first-order valence-electron chi connectivity index (χ1n) is 12.4. The highest BCUT2D eigenvalue weighted by Crippen LogP contribution is 2.42. The van der Waals surface area contributed by atoms with Crippen LogP contribution in [0.4, 0.5) is 10.1 Å². The number of rotatable bonds is 4. The van der Waals surface area contributed by atoms with Crippen molar-refractivity contribution in [2.45, 2.75) is 67.3 Å². The zero-order chi connectivity index (χ0) is 24.2. The zero-order valence-corrected chi connectivity index (χ0v) is 20.5. The highest BCUT2D eigenvalue weighted by atomic mass is 32.2. The molecular formula is C29H29FN2O2S. The fourth-order valence-electron chi connectivity index (χ4n) is 4.88. The van der Waals surface area contributed by atoms with E-state index in [0.29, 0.717) is 22.4 Å². The molecule has 1 aliphatic heterocycles. The average Bonchev–Trinajstić information content (AvgIpc) is 2.96. The van der Waals surface area contributed by atoms with Crippen molar-refractivity contribution in [3.63, 3.8) is 0 Å². The number of anilines is 1. The van der Waals surface area contributed by atoms with Crippen molar-refractivity contribution >= 4 is 29.3 Å². The van der Waals surface area contributed by atoms with E-state index in [2.05, 4.69) is 5.32 Å². The van der Waals surface area contributed by atoms with Crippen LogP contribution in [0.2, 0.25) is 0 Å². The molecule has 2 amide bonds. The molecule has 0 bridgehead atoms. The lowest BCUT2D eigenvalue weighted by Gasteiger charge is -2.25. The topological polar surface area (TPSA) is 49.4 Å². The van der Waals surface area contributed by atoms with Gasteiger partial charge >= 0.3 is 0 Å². The molecule has 0 unspecified atom stereocenters. The maximum atomic E-state index is 14.6. The summed E-state index contributed by atoms with van der Waals surface area (Å²) in [6.45, 7) is 0.0844. The molecule has 0 atom stereocenters. The van der Waals surface area contributed by atoms with E-state index < -0.39 is 0 Å². The van der Waals surface area contributed by atoms with Gasteiger partial charge in [-0.1, -0.05) is 74.2 Å². The molecule has 1 saturated carbocycles. The highest BCUT2D eigenvalue weighted by molar-refractivity contribution is 7.99. The van der Waals surface area contributed by atoms with E-state index in [1.165, 1.54) is 37.1 Å². The Morgan fingerprint density at radius 1 is 0.914 bits per heavy atom. The molecule has 1 aliphatic carbocycles. The van der Waals surface area contributed by atoms with Crippen molar-refractivity contribution < 1.29 is 14.0 Å². The minimum atomic E-state index is -0.356. The number of hydrogen-bond acceptors (Lipinski definition) is 3. The molecule has 0 spiro atoms. The van der Waals surface area contributed by atoms with Crippen molar-refractivity contribution in [2.75, 3.05) is 4.90 Å². The minimum absolute atomic E-state index is 0.0844. The standard InChI is InChI=1S/C29H29FN2O2S/c30-24-14-8-6-10-21(24)19-32-25-18-20(28(33)31-22-11-4-2-1-3-5-12-22)16-17-27(25)35-26-15-9-7-13-23(26)29(32)34/h6-10,13-18,22H,1-5,11-12,19H2,(H,31,33). The van der Waals surface area contributed by atoms with Crippen molar-refractivity contribution in [3.8, 4) is 0 Å². The van der Waals surface area contributed by atoms with Gasteiger partial charge in [0.05, 0.1) is 17.8 Å². The van der Waals surface area contributed by atoms with E-state index >= 15 is 0 Å². The Hall–Kier alpha value is -3.12. The fourth-order valence-corrected chi connectivity index (χ4v) is 5.94. The van der Waals surface area contributed by atoms with Gasteiger partial charge in [0.2, 0.25) is 0 Å². The van der Waals surface area contributed by atoms with Crippen LogP contribution in [0.5, 0.6) is 0 Å². The molecule has 180 valence electrons. The Kier molecular flexibility index (Phi) is 7.19. The first-order valence-corrected chi connectivity index (χ1v) is 13.2. The van der Waals surface area contributed by atoms with Gasteiger partial charge in [-0.3, -0.25) is 9.59 Å². The summed E-state index contributed by atoms with van der Waals surface area (Å²) in [5.74, 6) is -0.679. The summed E-state index contributed by atoms with van der Waals surface area (Å²) in [7, 11) is 0. The van der Waals surface area contributed by atoms with Gasteiger partial charge in [0, 0.05) is 27.0 Å². The summed E-state index contributed by atoms with van der Waals surface area (Å²) in [6.07, 6.45) is 7.98. The molecule has 1 N–H and O–H groups in total. The third-order valence-corrected chi connectivity index (χ3v) is 7.96. The van der Waals surface area contributed by atoms with E-state index in [1.54, 1.807) is 35.2 Å². The number of nitrogens with zero attached hydrogens (tertiary/aromatic N) is 1. The van der Waals surface area contributed by atoms with Gasteiger partial charge < -0.3 is 10.2 Å². The van der Waals surface area contributed by atoms with Crippen molar-refractivity contribution in [1.82, 2.24) is 5.32 Å². The highest BCUT2D eigenvalue weighted by Gasteiger charge is 2.29. The number of nitrogens with one attached hydrogen (secondary N) is 1. The van der Waals surface area contributed by atoms with E-state index in [-0.39, 0.29) is 30.2 Å². The number of benzene rings is 3. The van der Waals surface area contributed by atoms with E-state index in [4.69, 9.17) is 0 Å². The number of hydrogen-bond donors (Lipinski definition) is 1. The predicted molar refractivity (Wildman–Crippen MR) is 137 cm³/mol. The molecule has 0 saturated heterocycles. The summed E-state index contributed by atoms with van der Waals surface area (Å²) >= 11 is 1.50. The number of carbonyl (C=O) groups is 2. The third-order valence-electron chi connectivity index (χ3n) is 6.82. The SMILES string of the molecule is O=C(NC1CCCCCCC1)c1ccc2c(c1)N(Cc1ccccc1F)C(=O)c1ccccc1S2. The van der Waals surface area contributed by atoms with Crippen LogP contribution in [0.3, 0.4) is 0 Å². The molecule has 5 rings (SSSR count). The summed E-state index contributed by atoms with van der Waals surface area (Å²) < 4.78 is 14.6. The largest absolute Gasteiger partial charge is 0.349 e. The van der Waals surface area contributed by atoms with Crippen LogP contribution in [0.25, 0.3) is 0 Å². The van der Waals surface area contributed by atoms with Crippen LogP contribution >= 0.6 is 11.8 Å². The molecule has 2 aliphatic rings. The molecule has 4 nitrogen and oxygen atoms in total. The Morgan fingerprint density at radius 2 is 1.63 bits per heavy atom. The quantitative estimate of drug-likeness (QED) is 0.431. The minimum Gasteiger partial charge on any atom is -0.349 e. The molecule has 35 heavy (non-hydrogen) atoms. The summed E-state index contributed by atoms with van der Waals surface area (Å²) in [5.41, 5.74) is 2.15. The maximum absolute atomic E-state index is 14.6. The monoisotopic (exact) mass is 488 g/mol. The summed E-state index contributed by atoms with van der Waals surface area (Å²) in [4.78, 5) is 30.2. The smallest absolute Gasteiger partial charge is 0.259 e. The van der Waals surface area contributed by atoms with Gasteiger partial charge in [-0.05, 0) is 49.2 Å². The Bertz CT molecular complexity index is 1240. The molecule has 6 heteroatoms. The van der Waals surface area contributed by atoms with Gasteiger partial charge in [0.1, 0.15) is 5.82 Å². The van der Waals surface area contributed by atoms with Crippen molar-refractivity contribution in [3.05, 3.63) is 89.2 Å². The normalized spacial score (nSPS) is 16.5. The molecule has 1 fully saturated rings. The van der Waals surface area contributed by atoms with Crippen LogP contribution in [0, 0.1) is 5.82 Å². The van der Waals surface area contributed by atoms with Crippen LogP contribution in [0.1, 0.15) is 71.2 Å². The van der Waals surface area contributed by atoms with E-state index in [9.17, 15) is 14.0 Å². The second-order valence-electron chi connectivity index (χ2n) is 9.28. The number of halogens is 1. The molecule has 3 aromatic carbocycles. The Balaban J connectivity index is 1.49. The fraction of sp³-hybridized carbons (Fsp3) is 0.310. The van der Waals surface area contributed by atoms with Crippen LogP contribution < -0.4 is 10.2 Å². The van der Waals surface area contributed by atoms with Crippen LogP contribution in [-0.4, -0.2) is 17.9 Å². The van der Waals surface area contributed by atoms with Crippen LogP contribution in [-0.2, 0) is 6.54 Å². The summed E-state index contributed by atoms with van der Waals surface area (Å²) in [6, 6.07) is 19.6. The lowest BCUT2D eigenvalue weighted by Crippen LogP contribution is -2.35. The second-order valence-corrected chi connectivity index (χ2v) is 10.4. The van der Waals surface area contributed by atoms with Gasteiger partial charge in [-0.15, -0.1) is 0 Å². The van der Waals surface area contributed by atoms with Gasteiger partial charge in [-0.25, -0.2) is 4.39 Å². The average molecular weight is 489 g/mol. The molecule has 3 aromatic rings. The first-order chi connectivity index (χ1) is 17.1. The third kappa shape index (κ3) is 5.27. The summed E-state index contributed by atoms with van der Waals surface area (Å²) in [5, 5.41) is 3.22. The Morgan fingerprint density at radius 3 is 2.43 bits per heavy atom. The maximum Gasteiger partial charge on any atom is 0.259 e. The molecular weight excluding hydrogens is 459 g/mol. The van der Waals surface area contributed by atoms with E-state index in [1.807, 2.05) is 30.3 Å². The molecule has 0 aromatic heterocycles. The van der Waals surface area contributed by atoms with Crippen LogP contribution in [0.15, 0.2) is 76.5 Å². The van der Waals surface area contributed by atoms with E-state index in [0.717, 1.165) is 35.5 Å². The molecule has 1 heterocycles. The lowest BCUT2D eigenvalue weighted by molar-refractivity contribution is 0.0928.